The standard InChI is InChI=1S/C22H20N4O4/c27-20(24-16-13-23-25(14-16)17-5-2-1-3-6-17)15-8-10-22(11-9-15)19-18(21(28)30-22)7-4-12-26(19)29/h1-7,12-15H,8-11H2,(H,24,27). The van der Waals surface area contributed by atoms with Crippen LogP contribution in [-0.2, 0) is 15.1 Å². The van der Waals surface area contributed by atoms with E-state index < -0.39 is 11.6 Å². The van der Waals surface area contributed by atoms with Crippen molar-refractivity contribution in [2.75, 3.05) is 5.32 Å². The first-order valence-electron chi connectivity index (χ1n) is 9.93. The van der Waals surface area contributed by atoms with Gasteiger partial charge in [-0.3, -0.25) is 4.79 Å². The van der Waals surface area contributed by atoms with E-state index in [0.29, 0.717) is 42.6 Å². The summed E-state index contributed by atoms with van der Waals surface area (Å²) in [5.41, 5.74) is 1.30. The van der Waals surface area contributed by atoms with Gasteiger partial charge >= 0.3 is 5.97 Å². The van der Waals surface area contributed by atoms with Gasteiger partial charge in [0.1, 0.15) is 5.56 Å². The molecule has 1 saturated carbocycles. The van der Waals surface area contributed by atoms with Crippen molar-refractivity contribution in [1.29, 1.82) is 0 Å². The highest BCUT2D eigenvalue weighted by atomic mass is 16.6. The number of nitrogens with one attached hydrogen (secondary N) is 1. The van der Waals surface area contributed by atoms with Crippen molar-refractivity contribution < 1.29 is 19.1 Å². The number of pyridine rings is 1. The Balaban J connectivity index is 1.27. The van der Waals surface area contributed by atoms with Gasteiger partial charge in [-0.15, -0.1) is 0 Å². The molecule has 1 aromatic carbocycles. The van der Waals surface area contributed by atoms with Crippen LogP contribution >= 0.6 is 0 Å². The molecule has 0 saturated heterocycles. The molecule has 0 bridgehead atoms. The quantitative estimate of drug-likeness (QED) is 0.411. The van der Waals surface area contributed by atoms with E-state index in [2.05, 4.69) is 10.4 Å². The Morgan fingerprint density at radius 1 is 1.20 bits per heavy atom. The summed E-state index contributed by atoms with van der Waals surface area (Å²) in [4.78, 5) is 25.0. The normalized spacial score (nSPS) is 22.5. The van der Waals surface area contributed by atoms with Gasteiger partial charge in [0, 0.05) is 12.0 Å². The van der Waals surface area contributed by atoms with Crippen molar-refractivity contribution >= 4 is 17.6 Å². The fourth-order valence-electron chi connectivity index (χ4n) is 4.42. The maximum Gasteiger partial charge on any atom is 0.345 e. The number of ether oxygens (including phenoxy) is 1. The smallest absolute Gasteiger partial charge is 0.345 e. The summed E-state index contributed by atoms with van der Waals surface area (Å²) in [5.74, 6) is -0.779. The van der Waals surface area contributed by atoms with Crippen LogP contribution < -0.4 is 10.0 Å². The van der Waals surface area contributed by atoms with Gasteiger partial charge in [-0.25, -0.2) is 9.48 Å². The highest BCUT2D eigenvalue weighted by molar-refractivity contribution is 5.94. The molecule has 8 heteroatoms. The second-order valence-corrected chi connectivity index (χ2v) is 7.75. The predicted molar refractivity (Wildman–Crippen MR) is 107 cm³/mol. The number of hydrogen-bond acceptors (Lipinski definition) is 5. The molecule has 0 atom stereocenters. The molecule has 1 spiro atoms. The lowest BCUT2D eigenvalue weighted by Gasteiger charge is -2.33. The number of esters is 1. The van der Waals surface area contributed by atoms with Gasteiger partial charge in [0.15, 0.2) is 11.8 Å². The van der Waals surface area contributed by atoms with E-state index in [-0.39, 0.29) is 11.8 Å². The molecule has 2 aromatic heterocycles. The molecule has 1 fully saturated rings. The number of amides is 1. The molecule has 1 amide bonds. The molecule has 3 heterocycles. The van der Waals surface area contributed by atoms with Crippen LogP contribution in [0, 0.1) is 11.1 Å². The monoisotopic (exact) mass is 404 g/mol. The number of aromatic nitrogens is 3. The van der Waals surface area contributed by atoms with Gasteiger partial charge < -0.3 is 15.3 Å². The molecule has 8 nitrogen and oxygen atoms in total. The van der Waals surface area contributed by atoms with Gasteiger partial charge in [0.05, 0.1) is 23.8 Å². The third kappa shape index (κ3) is 3.01. The molecule has 30 heavy (non-hydrogen) atoms. The third-order valence-electron chi connectivity index (χ3n) is 5.93. The van der Waals surface area contributed by atoms with Gasteiger partial charge in [-0.2, -0.15) is 9.83 Å². The lowest BCUT2D eigenvalue weighted by Crippen LogP contribution is -2.44. The first-order chi connectivity index (χ1) is 14.6. The molecule has 5 rings (SSSR count). The Hall–Kier alpha value is -3.68. The predicted octanol–water partition coefficient (Wildman–Crippen LogP) is 2.70. The van der Waals surface area contributed by atoms with E-state index in [1.54, 1.807) is 29.2 Å². The van der Waals surface area contributed by atoms with Crippen molar-refractivity contribution in [2.45, 2.75) is 31.3 Å². The fourth-order valence-corrected chi connectivity index (χ4v) is 4.42. The van der Waals surface area contributed by atoms with Crippen LogP contribution in [0.2, 0.25) is 0 Å². The van der Waals surface area contributed by atoms with E-state index in [0.717, 1.165) is 10.4 Å². The van der Waals surface area contributed by atoms with Gasteiger partial charge in [0.25, 0.3) is 5.69 Å². The summed E-state index contributed by atoms with van der Waals surface area (Å²) in [6.07, 6.45) is 6.71. The van der Waals surface area contributed by atoms with Crippen LogP contribution in [0.3, 0.4) is 0 Å². The van der Waals surface area contributed by atoms with Crippen molar-refractivity contribution in [3.63, 3.8) is 0 Å². The summed E-state index contributed by atoms with van der Waals surface area (Å²) in [5, 5.41) is 19.5. The Labute approximate surface area is 172 Å². The van der Waals surface area contributed by atoms with Crippen molar-refractivity contribution in [2.24, 2.45) is 5.92 Å². The molecule has 1 aliphatic carbocycles. The molecule has 3 aromatic rings. The summed E-state index contributed by atoms with van der Waals surface area (Å²) in [7, 11) is 0. The Morgan fingerprint density at radius 3 is 2.73 bits per heavy atom. The average Bonchev–Trinajstić information content (AvgIpc) is 3.33. The van der Waals surface area contributed by atoms with Crippen LogP contribution in [0.5, 0.6) is 0 Å². The van der Waals surface area contributed by atoms with E-state index >= 15 is 0 Å². The number of anilines is 1. The van der Waals surface area contributed by atoms with Gasteiger partial charge in [-0.05, 0) is 43.9 Å². The fraction of sp³-hybridized carbons (Fsp3) is 0.273. The highest BCUT2D eigenvalue weighted by Gasteiger charge is 2.54. The molecule has 152 valence electrons. The van der Waals surface area contributed by atoms with E-state index in [9.17, 15) is 14.8 Å². The summed E-state index contributed by atoms with van der Waals surface area (Å²) < 4.78 is 8.06. The topological polar surface area (TPSA) is 100 Å². The lowest BCUT2D eigenvalue weighted by molar-refractivity contribution is -0.621. The lowest BCUT2D eigenvalue weighted by atomic mass is 9.76. The molecule has 0 unspecified atom stereocenters. The zero-order valence-electron chi connectivity index (χ0n) is 16.2. The number of rotatable bonds is 3. The van der Waals surface area contributed by atoms with E-state index in [1.165, 1.54) is 6.20 Å². The Kier molecular flexibility index (Phi) is 4.27. The first-order valence-corrected chi connectivity index (χ1v) is 9.93. The number of benzene rings is 1. The zero-order valence-corrected chi connectivity index (χ0v) is 16.2. The third-order valence-corrected chi connectivity index (χ3v) is 5.93. The van der Waals surface area contributed by atoms with Crippen molar-refractivity contribution in [3.05, 3.63) is 77.5 Å². The zero-order chi connectivity index (χ0) is 20.7. The number of fused-ring (bicyclic) bond motifs is 2. The van der Waals surface area contributed by atoms with E-state index in [1.807, 2.05) is 30.3 Å². The van der Waals surface area contributed by atoms with Gasteiger partial charge in [0.2, 0.25) is 5.91 Å². The van der Waals surface area contributed by atoms with Crippen LogP contribution in [0.4, 0.5) is 5.69 Å². The minimum absolute atomic E-state index is 0.0925. The van der Waals surface area contributed by atoms with Crippen LogP contribution in [0.15, 0.2) is 61.1 Å². The van der Waals surface area contributed by atoms with E-state index in [4.69, 9.17) is 4.74 Å². The molecule has 2 aliphatic rings. The van der Waals surface area contributed by atoms with Crippen LogP contribution in [0.25, 0.3) is 5.69 Å². The number of para-hydroxylation sites is 1. The number of carbonyl (C=O) groups excluding carboxylic acids is 2. The Bertz CT molecular complexity index is 1120. The Morgan fingerprint density at radius 2 is 1.97 bits per heavy atom. The average molecular weight is 404 g/mol. The summed E-state index contributed by atoms with van der Waals surface area (Å²) in [6, 6.07) is 12.8. The van der Waals surface area contributed by atoms with Crippen molar-refractivity contribution in [1.82, 2.24) is 9.78 Å². The van der Waals surface area contributed by atoms with Gasteiger partial charge in [-0.1, -0.05) is 18.2 Å². The second kappa shape index (κ2) is 6.98. The minimum atomic E-state index is -0.926. The molecule has 0 radical (unpaired) electrons. The molecule has 1 aliphatic heterocycles. The summed E-state index contributed by atoms with van der Waals surface area (Å²) >= 11 is 0. The van der Waals surface area contributed by atoms with Crippen LogP contribution in [0.1, 0.15) is 41.7 Å². The SMILES string of the molecule is O=C1OC2(CCC(C(=O)Nc3cnn(-c4ccccc4)c3)CC2)c2c1ccc[n+]2[O-]. The molecular weight excluding hydrogens is 384 g/mol. The maximum absolute atomic E-state index is 12.8. The first kappa shape index (κ1) is 18.4. The summed E-state index contributed by atoms with van der Waals surface area (Å²) in [6.45, 7) is 0. The number of carbonyl (C=O) groups is 2. The molecule has 1 N–H and O–H groups in total. The highest BCUT2D eigenvalue weighted by Crippen LogP contribution is 2.46. The maximum atomic E-state index is 12.8. The number of nitrogens with zero attached hydrogens (tertiary/aromatic N) is 3. The van der Waals surface area contributed by atoms with Crippen molar-refractivity contribution in [3.8, 4) is 5.69 Å². The molecular formula is C22H20N4O4. The number of hydrogen-bond donors (Lipinski definition) is 1. The van der Waals surface area contributed by atoms with Crippen LogP contribution in [-0.4, -0.2) is 21.7 Å². The minimum Gasteiger partial charge on any atom is -0.618 e. The largest absolute Gasteiger partial charge is 0.618 e. The second-order valence-electron chi connectivity index (χ2n) is 7.75.